The number of carboxylic acid groups (broad SMARTS) is 1. The summed E-state index contributed by atoms with van der Waals surface area (Å²) < 4.78 is 5.50. The molecule has 0 amide bonds. The van der Waals surface area contributed by atoms with Gasteiger partial charge in [0, 0.05) is 19.6 Å². The highest BCUT2D eigenvalue weighted by atomic mass is 16.5. The molecule has 3 nitrogen and oxygen atoms in total. The van der Waals surface area contributed by atoms with Gasteiger partial charge < -0.3 is 9.84 Å². The molecule has 0 aliphatic rings. The molecule has 0 atom stereocenters. The van der Waals surface area contributed by atoms with Crippen LogP contribution in [0.4, 0.5) is 0 Å². The predicted octanol–water partition coefficient (Wildman–Crippen LogP) is 4.40. The zero-order valence-electron chi connectivity index (χ0n) is 12.0. The van der Waals surface area contributed by atoms with E-state index in [4.69, 9.17) is 9.84 Å². The summed E-state index contributed by atoms with van der Waals surface area (Å²) in [6.45, 7) is 4.01. The number of rotatable bonds is 14. The molecule has 1 N–H and O–H groups in total. The lowest BCUT2D eigenvalue weighted by Crippen LogP contribution is -1.96. The lowest BCUT2D eigenvalue weighted by Gasteiger charge is -2.03. The van der Waals surface area contributed by atoms with Gasteiger partial charge in [0.05, 0.1) is 0 Å². The van der Waals surface area contributed by atoms with Crippen molar-refractivity contribution in [3.8, 4) is 0 Å². The van der Waals surface area contributed by atoms with E-state index in [0.29, 0.717) is 6.42 Å². The van der Waals surface area contributed by atoms with Gasteiger partial charge in [0.2, 0.25) is 0 Å². The van der Waals surface area contributed by atoms with Gasteiger partial charge in [-0.25, -0.2) is 0 Å². The van der Waals surface area contributed by atoms with E-state index >= 15 is 0 Å². The second kappa shape index (κ2) is 14.5. The van der Waals surface area contributed by atoms with Crippen LogP contribution < -0.4 is 0 Å². The van der Waals surface area contributed by atoms with Crippen LogP contribution in [-0.2, 0) is 9.53 Å². The molecule has 0 heterocycles. The monoisotopic (exact) mass is 258 g/mol. The lowest BCUT2D eigenvalue weighted by molar-refractivity contribution is -0.137. The maximum atomic E-state index is 10.3. The molecule has 0 spiro atoms. The summed E-state index contributed by atoms with van der Waals surface area (Å²) in [5.41, 5.74) is 0. The molecule has 0 aromatic carbocycles. The minimum atomic E-state index is -0.668. The Labute approximate surface area is 112 Å². The fourth-order valence-electron chi connectivity index (χ4n) is 1.89. The normalized spacial score (nSPS) is 10.7. The van der Waals surface area contributed by atoms with Gasteiger partial charge in [-0.15, -0.1) is 0 Å². The van der Waals surface area contributed by atoms with Crippen LogP contribution in [-0.4, -0.2) is 24.3 Å². The van der Waals surface area contributed by atoms with Gasteiger partial charge in [0.15, 0.2) is 0 Å². The second-order valence-electron chi connectivity index (χ2n) is 4.94. The van der Waals surface area contributed by atoms with Gasteiger partial charge in [0.25, 0.3) is 0 Å². The summed E-state index contributed by atoms with van der Waals surface area (Å²) in [6, 6.07) is 0. The Morgan fingerprint density at radius 1 is 0.833 bits per heavy atom. The number of unbranched alkanes of at least 4 members (excludes halogenated alkanes) is 8. The average molecular weight is 258 g/mol. The van der Waals surface area contributed by atoms with Crippen LogP contribution in [0.25, 0.3) is 0 Å². The van der Waals surface area contributed by atoms with Crippen molar-refractivity contribution >= 4 is 5.97 Å². The zero-order chi connectivity index (χ0) is 13.5. The molecule has 108 valence electrons. The number of ether oxygens (including phenoxy) is 1. The van der Waals surface area contributed by atoms with Gasteiger partial charge in [-0.05, 0) is 19.3 Å². The Kier molecular flexibility index (Phi) is 14.0. The van der Waals surface area contributed by atoms with Crippen molar-refractivity contribution in [2.24, 2.45) is 0 Å². The molecule has 0 aliphatic heterocycles. The summed E-state index contributed by atoms with van der Waals surface area (Å²) in [6.07, 6.45) is 12.1. The van der Waals surface area contributed by atoms with E-state index in [-0.39, 0.29) is 0 Å². The molecule has 0 fully saturated rings. The molecule has 0 aliphatic carbocycles. The van der Waals surface area contributed by atoms with Gasteiger partial charge in [0.1, 0.15) is 0 Å². The Bertz CT molecular complexity index is 181. The largest absolute Gasteiger partial charge is 0.481 e. The van der Waals surface area contributed by atoms with Gasteiger partial charge in [-0.1, -0.05) is 51.9 Å². The van der Waals surface area contributed by atoms with Crippen molar-refractivity contribution in [1.29, 1.82) is 0 Å². The third-order valence-electron chi connectivity index (χ3n) is 3.07. The van der Waals surface area contributed by atoms with E-state index in [0.717, 1.165) is 26.1 Å². The molecule has 0 aromatic rings. The van der Waals surface area contributed by atoms with E-state index in [1.165, 1.54) is 51.4 Å². The van der Waals surface area contributed by atoms with Gasteiger partial charge >= 0.3 is 5.97 Å². The van der Waals surface area contributed by atoms with Crippen LogP contribution in [0.3, 0.4) is 0 Å². The maximum Gasteiger partial charge on any atom is 0.303 e. The third-order valence-corrected chi connectivity index (χ3v) is 3.07. The first-order chi connectivity index (χ1) is 8.77. The molecule has 0 saturated carbocycles. The first-order valence-corrected chi connectivity index (χ1v) is 7.57. The van der Waals surface area contributed by atoms with E-state index in [1.54, 1.807) is 0 Å². The summed E-state index contributed by atoms with van der Waals surface area (Å²) in [5, 5.41) is 8.48. The summed E-state index contributed by atoms with van der Waals surface area (Å²) >= 11 is 0. The second-order valence-corrected chi connectivity index (χ2v) is 4.94. The smallest absolute Gasteiger partial charge is 0.303 e. The molecule has 0 aromatic heterocycles. The molecular weight excluding hydrogens is 228 g/mol. The molecule has 18 heavy (non-hydrogen) atoms. The molecule has 3 heteroatoms. The summed E-state index contributed by atoms with van der Waals surface area (Å²) in [7, 11) is 0. The molecular formula is C15H30O3. The first-order valence-electron chi connectivity index (χ1n) is 7.57. The van der Waals surface area contributed by atoms with Crippen LogP contribution in [0.5, 0.6) is 0 Å². The molecule has 0 unspecified atom stereocenters. The number of aliphatic carboxylic acids is 1. The quantitative estimate of drug-likeness (QED) is 0.470. The Morgan fingerprint density at radius 3 is 1.89 bits per heavy atom. The first kappa shape index (κ1) is 17.4. The highest BCUT2D eigenvalue weighted by Crippen LogP contribution is 2.09. The van der Waals surface area contributed by atoms with Crippen molar-refractivity contribution in [2.75, 3.05) is 13.2 Å². The summed E-state index contributed by atoms with van der Waals surface area (Å²) in [4.78, 5) is 10.3. The fraction of sp³-hybridized carbons (Fsp3) is 0.933. The van der Waals surface area contributed by atoms with E-state index in [9.17, 15) is 4.79 Å². The SMILES string of the molecule is CCCCOCCCCCCCCCCC(=O)O. The number of carbonyl (C=O) groups is 1. The Morgan fingerprint density at radius 2 is 1.33 bits per heavy atom. The molecule has 0 saturated heterocycles. The molecule has 0 rings (SSSR count). The van der Waals surface area contributed by atoms with E-state index < -0.39 is 5.97 Å². The minimum absolute atomic E-state index is 0.328. The highest BCUT2D eigenvalue weighted by molar-refractivity contribution is 5.66. The zero-order valence-corrected chi connectivity index (χ0v) is 12.0. The van der Waals surface area contributed by atoms with Crippen LogP contribution in [0.1, 0.15) is 77.6 Å². The van der Waals surface area contributed by atoms with Crippen molar-refractivity contribution in [1.82, 2.24) is 0 Å². The van der Waals surface area contributed by atoms with Gasteiger partial charge in [-0.3, -0.25) is 4.79 Å². The number of hydrogen-bond acceptors (Lipinski definition) is 2. The predicted molar refractivity (Wildman–Crippen MR) is 74.9 cm³/mol. The molecule has 0 bridgehead atoms. The van der Waals surface area contributed by atoms with Crippen molar-refractivity contribution in [2.45, 2.75) is 77.6 Å². The Balaban J connectivity index is 2.92. The highest BCUT2D eigenvalue weighted by Gasteiger charge is 1.96. The molecule has 0 radical (unpaired) electrons. The van der Waals surface area contributed by atoms with Crippen LogP contribution in [0, 0.1) is 0 Å². The van der Waals surface area contributed by atoms with Crippen molar-refractivity contribution in [3.63, 3.8) is 0 Å². The average Bonchev–Trinajstić information content (AvgIpc) is 2.34. The van der Waals surface area contributed by atoms with E-state index in [1.807, 2.05) is 0 Å². The van der Waals surface area contributed by atoms with Gasteiger partial charge in [-0.2, -0.15) is 0 Å². The van der Waals surface area contributed by atoms with Crippen molar-refractivity contribution < 1.29 is 14.6 Å². The van der Waals surface area contributed by atoms with Crippen LogP contribution >= 0.6 is 0 Å². The Hall–Kier alpha value is -0.570. The minimum Gasteiger partial charge on any atom is -0.481 e. The number of hydrogen-bond donors (Lipinski definition) is 1. The van der Waals surface area contributed by atoms with Crippen LogP contribution in [0.15, 0.2) is 0 Å². The van der Waals surface area contributed by atoms with Crippen molar-refractivity contribution in [3.05, 3.63) is 0 Å². The third kappa shape index (κ3) is 15.4. The summed E-state index contributed by atoms with van der Waals surface area (Å²) in [5.74, 6) is -0.668. The standard InChI is InChI=1S/C15H30O3/c1-2-3-13-18-14-11-9-7-5-4-6-8-10-12-15(16)17/h2-14H2,1H3,(H,16,17). The van der Waals surface area contributed by atoms with E-state index in [2.05, 4.69) is 6.92 Å². The lowest BCUT2D eigenvalue weighted by atomic mass is 10.1. The maximum absolute atomic E-state index is 10.3. The fourth-order valence-corrected chi connectivity index (χ4v) is 1.89. The number of carboxylic acids is 1. The topological polar surface area (TPSA) is 46.5 Å². The van der Waals surface area contributed by atoms with Crippen LogP contribution in [0.2, 0.25) is 0 Å².